The van der Waals surface area contributed by atoms with Crippen molar-refractivity contribution in [2.75, 3.05) is 17.2 Å². The van der Waals surface area contributed by atoms with Gasteiger partial charge in [0.15, 0.2) is 0 Å². The summed E-state index contributed by atoms with van der Waals surface area (Å²) in [7, 11) is 0. The Balaban J connectivity index is 1.60. The number of aryl methyl sites for hydroxylation is 2. The first-order chi connectivity index (χ1) is 13.0. The molecular weight excluding hydrogens is 343 g/mol. The summed E-state index contributed by atoms with van der Waals surface area (Å²) in [6.07, 6.45) is 2.24. The average Bonchev–Trinajstić information content (AvgIpc) is 2.63. The van der Waals surface area contributed by atoms with Gasteiger partial charge < -0.3 is 10.6 Å². The maximum absolute atomic E-state index is 12.9. The van der Waals surface area contributed by atoms with E-state index in [1.807, 2.05) is 32.0 Å². The van der Waals surface area contributed by atoms with Crippen molar-refractivity contribution in [2.24, 2.45) is 0 Å². The van der Waals surface area contributed by atoms with Gasteiger partial charge in [0, 0.05) is 18.4 Å². The van der Waals surface area contributed by atoms with Crippen LogP contribution in [0.15, 0.2) is 54.7 Å². The van der Waals surface area contributed by atoms with E-state index in [0.717, 1.165) is 22.4 Å². The summed E-state index contributed by atoms with van der Waals surface area (Å²) in [5.74, 6) is -0.160. The van der Waals surface area contributed by atoms with Crippen molar-refractivity contribution in [2.45, 2.75) is 20.3 Å². The highest BCUT2D eigenvalue weighted by Gasteiger charge is 2.10. The van der Waals surface area contributed by atoms with Crippen molar-refractivity contribution in [1.29, 1.82) is 0 Å². The van der Waals surface area contributed by atoms with Crippen molar-refractivity contribution < 1.29 is 9.18 Å². The number of hydrogen-bond donors (Lipinski definition) is 2. The number of carbonyl (C=O) groups excluding carboxylic acids is 1. The topological polar surface area (TPSA) is 66.9 Å². The van der Waals surface area contributed by atoms with Gasteiger partial charge in [0.2, 0.25) is 5.95 Å². The van der Waals surface area contributed by atoms with Gasteiger partial charge in [0.25, 0.3) is 5.91 Å². The largest absolute Gasteiger partial charge is 0.354 e. The number of halogens is 1. The number of amides is 1. The summed E-state index contributed by atoms with van der Waals surface area (Å²) in [6.45, 7) is 4.54. The van der Waals surface area contributed by atoms with Crippen LogP contribution in [0.4, 0.5) is 16.0 Å². The fourth-order valence-electron chi connectivity index (χ4n) is 2.78. The highest BCUT2D eigenvalue weighted by molar-refractivity contribution is 6.03. The van der Waals surface area contributed by atoms with Gasteiger partial charge >= 0.3 is 0 Å². The minimum absolute atomic E-state index is 0.252. The Hall–Kier alpha value is -3.28. The summed E-state index contributed by atoms with van der Waals surface area (Å²) in [6, 6.07) is 13.8. The molecule has 2 N–H and O–H groups in total. The van der Waals surface area contributed by atoms with Crippen LogP contribution in [0.3, 0.4) is 0 Å². The van der Waals surface area contributed by atoms with E-state index in [-0.39, 0.29) is 17.4 Å². The predicted octanol–water partition coefficient (Wildman–Crippen LogP) is 4.14. The lowest BCUT2D eigenvalue weighted by atomic mass is 10.1. The highest BCUT2D eigenvalue weighted by atomic mass is 19.1. The maximum atomic E-state index is 12.9. The van der Waals surface area contributed by atoms with Crippen LogP contribution in [-0.2, 0) is 6.42 Å². The molecule has 0 saturated carbocycles. The maximum Gasteiger partial charge on any atom is 0.274 e. The number of anilines is 2. The zero-order valence-corrected chi connectivity index (χ0v) is 15.3. The van der Waals surface area contributed by atoms with Crippen LogP contribution in [0.25, 0.3) is 0 Å². The van der Waals surface area contributed by atoms with Gasteiger partial charge in [0.1, 0.15) is 11.5 Å². The highest BCUT2D eigenvalue weighted by Crippen LogP contribution is 2.15. The molecule has 27 heavy (non-hydrogen) atoms. The Bertz CT molecular complexity index is 921. The fraction of sp³-hybridized carbons (Fsp3) is 0.190. The van der Waals surface area contributed by atoms with Crippen LogP contribution >= 0.6 is 0 Å². The van der Waals surface area contributed by atoms with Crippen LogP contribution in [0.1, 0.15) is 27.2 Å². The zero-order chi connectivity index (χ0) is 19.2. The van der Waals surface area contributed by atoms with E-state index in [4.69, 9.17) is 0 Å². The van der Waals surface area contributed by atoms with E-state index in [9.17, 15) is 9.18 Å². The van der Waals surface area contributed by atoms with Gasteiger partial charge in [-0.3, -0.25) is 4.79 Å². The van der Waals surface area contributed by atoms with Crippen molar-refractivity contribution in [1.82, 2.24) is 9.97 Å². The van der Waals surface area contributed by atoms with Crippen molar-refractivity contribution in [3.05, 3.63) is 82.9 Å². The summed E-state index contributed by atoms with van der Waals surface area (Å²) in [5.41, 5.74) is 4.19. The molecule has 2 aromatic carbocycles. The van der Waals surface area contributed by atoms with Crippen LogP contribution in [0.2, 0.25) is 0 Å². The van der Waals surface area contributed by atoms with Crippen molar-refractivity contribution in [3.8, 4) is 0 Å². The molecular formula is C21H21FN4O. The van der Waals surface area contributed by atoms with E-state index in [1.54, 1.807) is 24.4 Å². The summed E-state index contributed by atoms with van der Waals surface area (Å²) in [4.78, 5) is 20.9. The molecule has 5 nitrogen and oxygen atoms in total. The third-order valence-corrected chi connectivity index (χ3v) is 3.98. The van der Waals surface area contributed by atoms with Crippen molar-refractivity contribution >= 4 is 17.5 Å². The third-order valence-electron chi connectivity index (χ3n) is 3.98. The van der Waals surface area contributed by atoms with Crippen LogP contribution in [0, 0.1) is 19.7 Å². The number of carbonyl (C=O) groups is 1. The van der Waals surface area contributed by atoms with Crippen molar-refractivity contribution in [3.63, 3.8) is 0 Å². The molecule has 3 rings (SSSR count). The molecule has 0 atom stereocenters. The lowest BCUT2D eigenvalue weighted by molar-refractivity contribution is 0.102. The molecule has 0 radical (unpaired) electrons. The average molecular weight is 364 g/mol. The van der Waals surface area contributed by atoms with Crippen LogP contribution in [-0.4, -0.2) is 22.4 Å². The van der Waals surface area contributed by atoms with Crippen LogP contribution in [0.5, 0.6) is 0 Å². The van der Waals surface area contributed by atoms with Gasteiger partial charge in [-0.25, -0.2) is 14.4 Å². The van der Waals surface area contributed by atoms with E-state index < -0.39 is 0 Å². The van der Waals surface area contributed by atoms with Gasteiger partial charge in [-0.05, 0) is 67.3 Å². The minimum Gasteiger partial charge on any atom is -0.354 e. The van der Waals surface area contributed by atoms with E-state index in [2.05, 4.69) is 20.6 Å². The molecule has 0 unspecified atom stereocenters. The molecule has 0 fully saturated rings. The first kappa shape index (κ1) is 18.5. The van der Waals surface area contributed by atoms with Gasteiger partial charge in [-0.2, -0.15) is 0 Å². The molecule has 0 bridgehead atoms. The first-order valence-electron chi connectivity index (χ1n) is 8.70. The SMILES string of the molecule is Cc1cc(C)cc(NC(=O)c2ccnc(NCCc3ccc(F)cc3)n2)c1. The Morgan fingerprint density at radius 3 is 2.44 bits per heavy atom. The van der Waals surface area contributed by atoms with E-state index in [0.29, 0.717) is 18.9 Å². The standard InChI is InChI=1S/C21H21FN4O/c1-14-11-15(2)13-18(12-14)25-20(27)19-8-10-24-21(26-19)23-9-7-16-3-5-17(22)6-4-16/h3-6,8,10-13H,7,9H2,1-2H3,(H,25,27)(H,23,24,26). The van der Waals surface area contributed by atoms with Gasteiger partial charge in [0.05, 0.1) is 0 Å². The quantitative estimate of drug-likeness (QED) is 0.690. The monoisotopic (exact) mass is 364 g/mol. The Labute approximate surface area is 157 Å². The molecule has 1 aromatic heterocycles. The molecule has 138 valence electrons. The number of aromatic nitrogens is 2. The second kappa shape index (κ2) is 8.40. The summed E-state index contributed by atoms with van der Waals surface area (Å²) in [5, 5.41) is 5.95. The second-order valence-electron chi connectivity index (χ2n) is 6.40. The number of nitrogens with one attached hydrogen (secondary N) is 2. The molecule has 1 amide bonds. The predicted molar refractivity (Wildman–Crippen MR) is 104 cm³/mol. The molecule has 6 heteroatoms. The molecule has 0 aliphatic carbocycles. The van der Waals surface area contributed by atoms with Gasteiger partial charge in [-0.15, -0.1) is 0 Å². The second-order valence-corrected chi connectivity index (χ2v) is 6.40. The molecule has 0 spiro atoms. The Morgan fingerprint density at radius 1 is 1.04 bits per heavy atom. The Morgan fingerprint density at radius 2 is 1.74 bits per heavy atom. The smallest absolute Gasteiger partial charge is 0.274 e. The lowest BCUT2D eigenvalue weighted by Gasteiger charge is -2.09. The Kier molecular flexibility index (Phi) is 5.76. The van der Waals surface area contributed by atoms with E-state index in [1.165, 1.54) is 12.1 Å². The molecule has 0 saturated heterocycles. The molecule has 3 aromatic rings. The first-order valence-corrected chi connectivity index (χ1v) is 8.70. The number of benzene rings is 2. The number of nitrogens with zero attached hydrogens (tertiary/aromatic N) is 2. The summed E-state index contributed by atoms with van der Waals surface area (Å²) >= 11 is 0. The lowest BCUT2D eigenvalue weighted by Crippen LogP contribution is -2.16. The molecule has 0 aliphatic heterocycles. The number of hydrogen-bond acceptors (Lipinski definition) is 4. The zero-order valence-electron chi connectivity index (χ0n) is 15.3. The molecule has 1 heterocycles. The number of rotatable bonds is 6. The van der Waals surface area contributed by atoms with Gasteiger partial charge in [-0.1, -0.05) is 18.2 Å². The molecule has 0 aliphatic rings. The summed E-state index contributed by atoms with van der Waals surface area (Å²) < 4.78 is 12.9. The van der Waals surface area contributed by atoms with E-state index >= 15 is 0 Å². The third kappa shape index (κ3) is 5.34. The fourth-order valence-corrected chi connectivity index (χ4v) is 2.78. The minimum atomic E-state index is -0.288. The van der Waals surface area contributed by atoms with Crippen LogP contribution < -0.4 is 10.6 Å². The normalized spacial score (nSPS) is 10.5.